The van der Waals surface area contributed by atoms with Gasteiger partial charge in [-0.1, -0.05) is 38.1 Å². The molecule has 218 valence electrons. The van der Waals surface area contributed by atoms with Crippen LogP contribution in [0.15, 0.2) is 24.3 Å². The summed E-state index contributed by atoms with van der Waals surface area (Å²) >= 11 is 0. The molecule has 3 N–H and O–H groups in total. The first-order chi connectivity index (χ1) is 18.8. The lowest BCUT2D eigenvalue weighted by molar-refractivity contribution is -0.150. The number of rotatable bonds is 9. The molecule has 1 fully saturated rings. The first-order valence-electron chi connectivity index (χ1n) is 14.0. The van der Waals surface area contributed by atoms with Gasteiger partial charge in [0.25, 0.3) is 0 Å². The number of carbonyl (C=O) groups is 3. The highest BCUT2D eigenvalue weighted by Gasteiger charge is 2.35. The van der Waals surface area contributed by atoms with Gasteiger partial charge >= 0.3 is 12.1 Å². The third kappa shape index (κ3) is 7.81. The fourth-order valence-corrected chi connectivity index (χ4v) is 5.14. The number of benzene rings is 1. The Morgan fingerprint density at radius 3 is 2.40 bits per heavy atom. The maximum absolute atomic E-state index is 13.7. The number of nitrogens with two attached hydrogens (primary N) is 1. The number of nitrogens with zero attached hydrogens (tertiary/aromatic N) is 2. The number of ether oxygens (including phenoxy) is 2. The summed E-state index contributed by atoms with van der Waals surface area (Å²) in [6, 6.07) is 7.35. The molecule has 1 aliphatic heterocycles. The maximum Gasteiger partial charge on any atom is 0.407 e. The quantitative estimate of drug-likeness (QED) is 0.441. The number of methoxy groups -OCH3 is 1. The smallest absolute Gasteiger partial charge is 0.407 e. The number of likely N-dealkylation sites (tertiary alicyclic amines) is 1. The molecule has 0 unspecified atom stereocenters. The fraction of sp³-hybridized carbons (Fsp3) is 0.548. The van der Waals surface area contributed by atoms with Gasteiger partial charge in [0.2, 0.25) is 5.91 Å². The number of hydrogen-bond donors (Lipinski definition) is 2. The molecule has 0 saturated carbocycles. The molecule has 1 aromatic carbocycles. The van der Waals surface area contributed by atoms with E-state index in [0.29, 0.717) is 31.8 Å². The van der Waals surface area contributed by atoms with E-state index in [1.807, 2.05) is 52.0 Å². The van der Waals surface area contributed by atoms with E-state index in [1.165, 1.54) is 7.11 Å². The molecule has 2 amide bonds. The third-order valence-corrected chi connectivity index (χ3v) is 6.95. The van der Waals surface area contributed by atoms with Crippen LogP contribution in [-0.4, -0.2) is 53.2 Å². The molecule has 1 aliphatic rings. The normalized spacial score (nSPS) is 15.3. The molecule has 1 aromatic heterocycles. The van der Waals surface area contributed by atoms with Gasteiger partial charge in [-0.25, -0.2) is 9.59 Å². The summed E-state index contributed by atoms with van der Waals surface area (Å²) in [6.07, 6.45) is 1.58. The van der Waals surface area contributed by atoms with Gasteiger partial charge in [0.15, 0.2) is 0 Å². The first-order valence-corrected chi connectivity index (χ1v) is 14.0. The molecule has 1 saturated heterocycles. The van der Waals surface area contributed by atoms with Crippen molar-refractivity contribution >= 4 is 18.0 Å². The number of aromatic nitrogens is 1. The number of hydrogen-bond acceptors (Lipinski definition) is 7. The van der Waals surface area contributed by atoms with Crippen molar-refractivity contribution in [1.82, 2.24) is 15.2 Å². The van der Waals surface area contributed by atoms with Crippen molar-refractivity contribution in [3.05, 3.63) is 52.3 Å². The van der Waals surface area contributed by atoms with E-state index in [2.05, 4.69) is 19.2 Å². The second-order valence-electron chi connectivity index (χ2n) is 11.8. The molecule has 0 spiro atoms. The number of amides is 2. The third-order valence-electron chi connectivity index (χ3n) is 6.95. The van der Waals surface area contributed by atoms with Crippen LogP contribution in [0.1, 0.15) is 75.5 Å². The minimum Gasteiger partial charge on any atom is -0.467 e. The number of esters is 1. The number of nitrogens with one attached hydrogen (secondary N) is 1. The highest BCUT2D eigenvalue weighted by atomic mass is 16.6. The van der Waals surface area contributed by atoms with Crippen LogP contribution in [0, 0.1) is 12.8 Å². The van der Waals surface area contributed by atoms with Gasteiger partial charge in [-0.3, -0.25) is 9.78 Å². The van der Waals surface area contributed by atoms with Gasteiger partial charge in [0.05, 0.1) is 13.5 Å². The van der Waals surface area contributed by atoms with Crippen molar-refractivity contribution in [3.63, 3.8) is 0 Å². The second kappa shape index (κ2) is 13.3. The maximum atomic E-state index is 13.7. The predicted octanol–water partition coefficient (Wildman–Crippen LogP) is 4.45. The highest BCUT2D eigenvalue weighted by molar-refractivity contribution is 5.88. The van der Waals surface area contributed by atoms with Crippen LogP contribution in [0.2, 0.25) is 0 Å². The molecule has 0 aliphatic carbocycles. The zero-order chi connectivity index (χ0) is 29.6. The van der Waals surface area contributed by atoms with E-state index < -0.39 is 23.7 Å². The van der Waals surface area contributed by atoms with Crippen LogP contribution in [0.4, 0.5) is 4.79 Å². The summed E-state index contributed by atoms with van der Waals surface area (Å²) < 4.78 is 10.5. The Labute approximate surface area is 237 Å². The zero-order valence-corrected chi connectivity index (χ0v) is 24.9. The van der Waals surface area contributed by atoms with Crippen LogP contribution in [0.5, 0.6) is 0 Å². The summed E-state index contributed by atoms with van der Waals surface area (Å²) in [6.45, 7) is 12.7. The average Bonchev–Trinajstić information content (AvgIpc) is 3.38. The van der Waals surface area contributed by atoms with Crippen LogP contribution >= 0.6 is 0 Å². The minimum absolute atomic E-state index is 0.0711. The van der Waals surface area contributed by atoms with Crippen molar-refractivity contribution < 1.29 is 23.9 Å². The van der Waals surface area contributed by atoms with E-state index in [-0.39, 0.29) is 18.9 Å². The second-order valence-corrected chi connectivity index (χ2v) is 11.8. The molecule has 0 bridgehead atoms. The standard InChI is InChI=1S/C31H44N4O5/c1-19(2)15-25-24(18-33-30(38)40-31(4,5)6)28(22-12-10-21(17-32)11-13-22)23(20(3)34-25)16-27(36)35-14-8-9-26(35)29(37)39-7/h10-13,19,26H,8-9,14-18,32H2,1-7H3,(H,33,38)/t26-/m0/s1. The van der Waals surface area contributed by atoms with Gasteiger partial charge in [-0.15, -0.1) is 0 Å². The molecule has 40 heavy (non-hydrogen) atoms. The highest BCUT2D eigenvalue weighted by Crippen LogP contribution is 2.34. The number of aryl methyl sites for hydroxylation is 1. The lowest BCUT2D eigenvalue weighted by atomic mass is 9.88. The SMILES string of the molecule is COC(=O)[C@@H]1CCCN1C(=O)Cc1c(C)nc(CC(C)C)c(CNC(=O)OC(C)(C)C)c1-c1ccc(CN)cc1. The Morgan fingerprint density at radius 2 is 1.82 bits per heavy atom. The minimum atomic E-state index is -0.638. The predicted molar refractivity (Wildman–Crippen MR) is 154 cm³/mol. The van der Waals surface area contributed by atoms with Crippen molar-refractivity contribution in [2.24, 2.45) is 11.7 Å². The summed E-state index contributed by atoms with van der Waals surface area (Å²) in [5.74, 6) is -0.231. The van der Waals surface area contributed by atoms with Gasteiger partial charge in [0, 0.05) is 36.6 Å². The largest absolute Gasteiger partial charge is 0.467 e. The molecule has 0 radical (unpaired) electrons. The molecule has 9 nitrogen and oxygen atoms in total. The monoisotopic (exact) mass is 552 g/mol. The van der Waals surface area contributed by atoms with Crippen LogP contribution in [-0.2, 0) is 45.0 Å². The Morgan fingerprint density at radius 1 is 1.15 bits per heavy atom. The topological polar surface area (TPSA) is 124 Å². The first kappa shape index (κ1) is 31.1. The molecular formula is C31H44N4O5. The Bertz CT molecular complexity index is 1220. The summed E-state index contributed by atoms with van der Waals surface area (Å²) in [7, 11) is 1.35. The van der Waals surface area contributed by atoms with Crippen molar-refractivity contribution in [2.45, 2.75) is 92.0 Å². The summed E-state index contributed by atoms with van der Waals surface area (Å²) in [4.78, 5) is 45.3. The van der Waals surface area contributed by atoms with Crippen LogP contribution in [0.25, 0.3) is 11.1 Å². The van der Waals surface area contributed by atoms with E-state index in [1.54, 1.807) is 4.90 Å². The van der Waals surface area contributed by atoms with Crippen LogP contribution in [0.3, 0.4) is 0 Å². The Balaban J connectivity index is 2.13. The molecule has 1 atom stereocenters. The van der Waals surface area contributed by atoms with E-state index in [4.69, 9.17) is 20.2 Å². The van der Waals surface area contributed by atoms with Crippen molar-refractivity contribution in [3.8, 4) is 11.1 Å². The average molecular weight is 553 g/mol. The lowest BCUT2D eigenvalue weighted by Crippen LogP contribution is -2.42. The molecular weight excluding hydrogens is 508 g/mol. The van der Waals surface area contributed by atoms with E-state index in [0.717, 1.165) is 45.6 Å². The van der Waals surface area contributed by atoms with Crippen molar-refractivity contribution in [1.29, 1.82) is 0 Å². The van der Waals surface area contributed by atoms with Gasteiger partial charge in [-0.05, 0) is 75.1 Å². The fourth-order valence-electron chi connectivity index (χ4n) is 5.14. The molecule has 3 rings (SSSR count). The number of alkyl carbamates (subject to hydrolysis) is 1. The Kier molecular flexibility index (Phi) is 10.3. The van der Waals surface area contributed by atoms with E-state index in [9.17, 15) is 14.4 Å². The van der Waals surface area contributed by atoms with E-state index >= 15 is 0 Å². The molecule has 2 aromatic rings. The van der Waals surface area contributed by atoms with Gasteiger partial charge < -0.3 is 25.4 Å². The van der Waals surface area contributed by atoms with Crippen molar-refractivity contribution in [2.75, 3.05) is 13.7 Å². The van der Waals surface area contributed by atoms with Gasteiger partial charge in [0.1, 0.15) is 11.6 Å². The number of pyridine rings is 1. The summed E-state index contributed by atoms with van der Waals surface area (Å²) in [5.41, 5.74) is 11.2. The lowest BCUT2D eigenvalue weighted by Gasteiger charge is -2.26. The Hall–Kier alpha value is -3.46. The van der Waals surface area contributed by atoms with Crippen LogP contribution < -0.4 is 11.1 Å². The summed E-state index contributed by atoms with van der Waals surface area (Å²) in [5, 5.41) is 2.91. The molecule has 2 heterocycles. The zero-order valence-electron chi connectivity index (χ0n) is 24.9. The van der Waals surface area contributed by atoms with Gasteiger partial charge in [-0.2, -0.15) is 0 Å². The molecule has 9 heteroatoms. The number of carbonyl (C=O) groups excluding carboxylic acids is 3.